The first kappa shape index (κ1) is 21.8. The lowest BCUT2D eigenvalue weighted by Crippen LogP contribution is -2.17. The number of thiophene rings is 1. The Morgan fingerprint density at radius 2 is 1.97 bits per heavy atom. The van der Waals surface area contributed by atoms with Crippen LogP contribution in [0.2, 0.25) is 0 Å². The third-order valence-electron chi connectivity index (χ3n) is 6.37. The molecule has 0 saturated carbocycles. The highest BCUT2D eigenvalue weighted by atomic mass is 32.1. The van der Waals surface area contributed by atoms with Crippen molar-refractivity contribution in [2.24, 2.45) is 0 Å². The maximum Gasteiger partial charge on any atom is 0.313 e. The molecular formula is C26H31NO3S. The molecule has 0 radical (unpaired) electrons. The molecule has 3 aromatic rings. The number of benzene rings is 1. The predicted octanol–water partition coefficient (Wildman–Crippen LogP) is 6.52. The number of methoxy groups -OCH3 is 2. The number of hydrogen-bond donors (Lipinski definition) is 0. The van der Waals surface area contributed by atoms with Crippen LogP contribution >= 0.6 is 11.3 Å². The number of aromatic nitrogens is 1. The molecule has 2 heterocycles. The molecule has 0 aliphatic heterocycles. The quantitative estimate of drug-likeness (QED) is 0.412. The van der Waals surface area contributed by atoms with E-state index in [1.54, 1.807) is 7.11 Å². The second-order valence-electron chi connectivity index (χ2n) is 8.45. The van der Waals surface area contributed by atoms with Crippen LogP contribution in [0.25, 0.3) is 21.3 Å². The second-order valence-corrected chi connectivity index (χ2v) is 9.53. The number of hydrogen-bond acceptors (Lipinski definition) is 5. The van der Waals surface area contributed by atoms with Crippen molar-refractivity contribution >= 4 is 27.5 Å². The summed E-state index contributed by atoms with van der Waals surface area (Å²) in [6.45, 7) is 6.21. The van der Waals surface area contributed by atoms with E-state index in [2.05, 4.69) is 32.0 Å². The number of fused-ring (bicyclic) bond motifs is 3. The summed E-state index contributed by atoms with van der Waals surface area (Å²) in [4.78, 5) is 20.5. The van der Waals surface area contributed by atoms with E-state index in [-0.39, 0.29) is 11.9 Å². The Balaban J connectivity index is 2.13. The van der Waals surface area contributed by atoms with Gasteiger partial charge in [-0.05, 0) is 68.7 Å². The van der Waals surface area contributed by atoms with E-state index in [9.17, 15) is 4.79 Å². The summed E-state index contributed by atoms with van der Waals surface area (Å²) >= 11 is 1.82. The standard InChI is InChI=1S/C26H31NO3S/c1-6-9-19(26(28)30-5)22-16(3)27-25-24(18-10-7-8-11-21(18)31-25)23(22)17-13-12-15(2)14-20(17)29-4/h12-14,19H,6-11H2,1-5H3. The van der Waals surface area contributed by atoms with E-state index in [1.807, 2.05) is 18.3 Å². The summed E-state index contributed by atoms with van der Waals surface area (Å²) in [6.07, 6.45) is 6.23. The number of nitrogens with zero attached hydrogens (tertiary/aromatic N) is 1. The van der Waals surface area contributed by atoms with Crippen LogP contribution in [-0.2, 0) is 22.4 Å². The fourth-order valence-corrected chi connectivity index (χ4v) is 6.26. The minimum absolute atomic E-state index is 0.192. The minimum atomic E-state index is -0.341. The molecule has 1 atom stereocenters. The highest BCUT2D eigenvalue weighted by molar-refractivity contribution is 7.19. The third-order valence-corrected chi connectivity index (χ3v) is 7.55. The first-order valence-corrected chi connectivity index (χ1v) is 12.0. The van der Waals surface area contributed by atoms with Crippen LogP contribution in [0.5, 0.6) is 5.75 Å². The van der Waals surface area contributed by atoms with Crippen molar-refractivity contribution in [1.29, 1.82) is 0 Å². The average molecular weight is 438 g/mol. The molecule has 164 valence electrons. The second kappa shape index (κ2) is 8.99. The Morgan fingerprint density at radius 3 is 2.68 bits per heavy atom. The molecule has 4 nitrogen and oxygen atoms in total. The Kier molecular flexibility index (Phi) is 6.33. The van der Waals surface area contributed by atoms with Gasteiger partial charge < -0.3 is 9.47 Å². The summed E-state index contributed by atoms with van der Waals surface area (Å²) in [7, 11) is 3.20. The van der Waals surface area contributed by atoms with Gasteiger partial charge in [-0.1, -0.05) is 25.5 Å². The molecule has 4 rings (SSSR count). The topological polar surface area (TPSA) is 48.4 Å². The molecular weight excluding hydrogens is 406 g/mol. The molecule has 1 aliphatic carbocycles. The van der Waals surface area contributed by atoms with Gasteiger partial charge in [-0.15, -0.1) is 11.3 Å². The van der Waals surface area contributed by atoms with Gasteiger partial charge >= 0.3 is 5.97 Å². The smallest absolute Gasteiger partial charge is 0.313 e. The number of pyridine rings is 1. The fourth-order valence-electron chi connectivity index (χ4n) is 4.94. The number of carbonyl (C=O) groups excluding carboxylic acids is 1. The van der Waals surface area contributed by atoms with Gasteiger partial charge in [0.1, 0.15) is 10.6 Å². The number of aryl methyl sites for hydroxylation is 4. The molecule has 1 unspecified atom stereocenters. The lowest BCUT2D eigenvalue weighted by atomic mass is 9.83. The predicted molar refractivity (Wildman–Crippen MR) is 127 cm³/mol. The molecule has 1 aliphatic rings. The zero-order valence-electron chi connectivity index (χ0n) is 19.1. The molecule has 0 spiro atoms. The zero-order valence-corrected chi connectivity index (χ0v) is 19.9. The van der Waals surface area contributed by atoms with Crippen molar-refractivity contribution in [3.05, 3.63) is 45.5 Å². The molecule has 0 N–H and O–H groups in total. The minimum Gasteiger partial charge on any atom is -0.496 e. The molecule has 0 fully saturated rings. The SMILES string of the molecule is CCCC(C(=O)OC)c1c(C)nc2sc3c(c2c1-c1ccc(C)cc1OC)CCCC3. The van der Waals surface area contributed by atoms with Gasteiger partial charge in [0.15, 0.2) is 0 Å². The highest BCUT2D eigenvalue weighted by Crippen LogP contribution is 2.48. The highest BCUT2D eigenvalue weighted by Gasteiger charge is 2.31. The molecule has 31 heavy (non-hydrogen) atoms. The van der Waals surface area contributed by atoms with Crippen LogP contribution in [0.15, 0.2) is 18.2 Å². The maximum absolute atomic E-state index is 12.9. The Hall–Kier alpha value is -2.40. The normalized spacial score (nSPS) is 14.4. The van der Waals surface area contributed by atoms with Gasteiger partial charge in [0, 0.05) is 27.1 Å². The fraction of sp³-hybridized carbons (Fsp3) is 0.462. The first-order valence-electron chi connectivity index (χ1n) is 11.2. The Labute approximate surface area is 188 Å². The van der Waals surface area contributed by atoms with E-state index in [0.29, 0.717) is 0 Å². The van der Waals surface area contributed by atoms with Gasteiger partial charge in [0.05, 0.1) is 20.1 Å². The number of carbonyl (C=O) groups is 1. The molecule has 0 saturated heterocycles. The van der Waals surface area contributed by atoms with Gasteiger partial charge in [0.25, 0.3) is 0 Å². The summed E-state index contributed by atoms with van der Waals surface area (Å²) in [5, 5.41) is 1.22. The largest absolute Gasteiger partial charge is 0.496 e. The van der Waals surface area contributed by atoms with Gasteiger partial charge in [-0.3, -0.25) is 4.79 Å². The van der Waals surface area contributed by atoms with Crippen LogP contribution in [0.3, 0.4) is 0 Å². The van der Waals surface area contributed by atoms with Crippen LogP contribution < -0.4 is 4.74 Å². The zero-order chi connectivity index (χ0) is 22.1. The first-order chi connectivity index (χ1) is 15.0. The van der Waals surface area contributed by atoms with E-state index >= 15 is 0 Å². The number of esters is 1. The van der Waals surface area contributed by atoms with Crippen molar-refractivity contribution < 1.29 is 14.3 Å². The van der Waals surface area contributed by atoms with Gasteiger partial charge in [-0.2, -0.15) is 0 Å². The summed E-state index contributed by atoms with van der Waals surface area (Å²) in [6, 6.07) is 6.33. The van der Waals surface area contributed by atoms with E-state index in [1.165, 1.54) is 35.8 Å². The van der Waals surface area contributed by atoms with Crippen LogP contribution in [0, 0.1) is 13.8 Å². The van der Waals surface area contributed by atoms with Crippen molar-refractivity contribution in [1.82, 2.24) is 4.98 Å². The summed E-state index contributed by atoms with van der Waals surface area (Å²) < 4.78 is 11.1. The Morgan fingerprint density at radius 1 is 1.19 bits per heavy atom. The summed E-state index contributed by atoms with van der Waals surface area (Å²) in [5.74, 6) is 0.304. The van der Waals surface area contributed by atoms with E-state index in [4.69, 9.17) is 14.5 Å². The lowest BCUT2D eigenvalue weighted by Gasteiger charge is -2.23. The van der Waals surface area contributed by atoms with E-state index < -0.39 is 0 Å². The van der Waals surface area contributed by atoms with Crippen molar-refractivity contribution in [2.75, 3.05) is 14.2 Å². The molecule has 0 amide bonds. The van der Waals surface area contributed by atoms with Crippen LogP contribution in [-0.4, -0.2) is 25.2 Å². The molecule has 5 heteroatoms. The van der Waals surface area contributed by atoms with E-state index in [0.717, 1.165) is 64.2 Å². The van der Waals surface area contributed by atoms with Gasteiger partial charge in [-0.25, -0.2) is 4.98 Å². The Bertz CT molecular complexity index is 1130. The molecule has 0 bridgehead atoms. The maximum atomic E-state index is 12.9. The van der Waals surface area contributed by atoms with Crippen molar-refractivity contribution in [3.8, 4) is 16.9 Å². The van der Waals surface area contributed by atoms with Crippen LogP contribution in [0.4, 0.5) is 0 Å². The number of ether oxygens (including phenoxy) is 2. The molecule has 1 aromatic carbocycles. The van der Waals surface area contributed by atoms with Crippen LogP contribution in [0.1, 0.15) is 65.8 Å². The van der Waals surface area contributed by atoms with Gasteiger partial charge in [0.2, 0.25) is 0 Å². The summed E-state index contributed by atoms with van der Waals surface area (Å²) in [5.41, 5.74) is 6.62. The van der Waals surface area contributed by atoms with Crippen molar-refractivity contribution in [2.45, 2.75) is 65.2 Å². The molecule has 2 aromatic heterocycles. The third kappa shape index (κ3) is 3.84. The lowest BCUT2D eigenvalue weighted by molar-refractivity contribution is -0.142. The number of rotatable bonds is 6. The van der Waals surface area contributed by atoms with Crippen molar-refractivity contribution in [3.63, 3.8) is 0 Å². The average Bonchev–Trinajstić information content (AvgIpc) is 3.14. The monoisotopic (exact) mass is 437 g/mol.